The Balaban J connectivity index is 1.70. The summed E-state index contributed by atoms with van der Waals surface area (Å²) in [6.07, 6.45) is 0. The Morgan fingerprint density at radius 1 is 1.22 bits per heavy atom. The summed E-state index contributed by atoms with van der Waals surface area (Å²) in [6, 6.07) is 13.6. The average Bonchev–Trinajstić information content (AvgIpc) is 3.03. The summed E-state index contributed by atoms with van der Waals surface area (Å²) in [5, 5.41) is -0.0154. The van der Waals surface area contributed by atoms with E-state index in [9.17, 15) is 14.0 Å². The third kappa shape index (κ3) is 4.33. The smallest absolute Gasteiger partial charge is 0.253 e. The first-order valence-corrected chi connectivity index (χ1v) is 10.1. The minimum absolute atomic E-state index is 0.0154. The third-order valence-electron chi connectivity index (χ3n) is 4.79. The molecule has 27 heavy (non-hydrogen) atoms. The molecular weight excluding hydrogens is 363 g/mol. The summed E-state index contributed by atoms with van der Waals surface area (Å²) >= 11 is 1.62. The third-order valence-corrected chi connectivity index (χ3v) is 6.03. The van der Waals surface area contributed by atoms with Gasteiger partial charge in [-0.3, -0.25) is 9.59 Å². The van der Waals surface area contributed by atoms with Crippen molar-refractivity contribution in [3.63, 3.8) is 0 Å². The predicted molar refractivity (Wildman–Crippen MR) is 106 cm³/mol. The van der Waals surface area contributed by atoms with Gasteiger partial charge in [0, 0.05) is 25.2 Å². The summed E-state index contributed by atoms with van der Waals surface area (Å²) in [6.45, 7) is 5.40. The molecule has 1 heterocycles. The molecule has 0 spiro atoms. The molecule has 0 saturated carbocycles. The predicted octanol–water partition coefficient (Wildman–Crippen LogP) is 3.87. The maximum absolute atomic E-state index is 13.1. The fourth-order valence-electron chi connectivity index (χ4n) is 3.22. The van der Waals surface area contributed by atoms with Crippen molar-refractivity contribution in [2.24, 2.45) is 0 Å². The highest BCUT2D eigenvalue weighted by Gasteiger charge is 2.33. The van der Waals surface area contributed by atoms with Gasteiger partial charge in [0.15, 0.2) is 0 Å². The van der Waals surface area contributed by atoms with Crippen LogP contribution in [-0.4, -0.2) is 47.0 Å². The Kier molecular flexibility index (Phi) is 6.16. The van der Waals surface area contributed by atoms with E-state index in [0.717, 1.165) is 11.1 Å². The Morgan fingerprint density at radius 2 is 1.93 bits per heavy atom. The number of likely N-dealkylation sites (N-methyl/N-ethyl adjacent to an activating group) is 1. The van der Waals surface area contributed by atoms with Crippen LogP contribution in [0.5, 0.6) is 0 Å². The highest BCUT2D eigenvalue weighted by Crippen LogP contribution is 2.39. The van der Waals surface area contributed by atoms with Crippen molar-refractivity contribution in [2.45, 2.75) is 19.2 Å². The SMILES string of the molecule is CCN(CCN1C(=O)CS[C@@H]1c1ccccc1C)C(=O)c1ccc(F)cc1. The normalized spacial score (nSPS) is 16.6. The number of hydrogen-bond donors (Lipinski definition) is 0. The summed E-state index contributed by atoms with van der Waals surface area (Å²) in [4.78, 5) is 28.6. The van der Waals surface area contributed by atoms with Gasteiger partial charge in [-0.25, -0.2) is 4.39 Å². The molecule has 0 unspecified atom stereocenters. The van der Waals surface area contributed by atoms with Crippen molar-refractivity contribution in [3.8, 4) is 0 Å². The average molecular weight is 386 g/mol. The van der Waals surface area contributed by atoms with Crippen LogP contribution in [0.25, 0.3) is 0 Å². The first kappa shape index (κ1) is 19.4. The zero-order chi connectivity index (χ0) is 19.4. The van der Waals surface area contributed by atoms with Crippen LogP contribution in [0.2, 0.25) is 0 Å². The van der Waals surface area contributed by atoms with Crippen molar-refractivity contribution < 1.29 is 14.0 Å². The molecule has 1 atom stereocenters. The summed E-state index contributed by atoms with van der Waals surface area (Å²) in [7, 11) is 0. The molecule has 2 aromatic rings. The molecule has 3 rings (SSSR count). The second-order valence-electron chi connectivity index (χ2n) is 6.50. The van der Waals surface area contributed by atoms with E-state index in [1.165, 1.54) is 24.3 Å². The minimum atomic E-state index is -0.365. The molecule has 0 aliphatic carbocycles. The van der Waals surface area contributed by atoms with E-state index in [4.69, 9.17) is 0 Å². The largest absolute Gasteiger partial charge is 0.337 e. The number of benzene rings is 2. The van der Waals surface area contributed by atoms with E-state index in [1.54, 1.807) is 16.7 Å². The number of hydrogen-bond acceptors (Lipinski definition) is 3. The van der Waals surface area contributed by atoms with Crippen LogP contribution >= 0.6 is 11.8 Å². The van der Waals surface area contributed by atoms with Crippen molar-refractivity contribution in [1.82, 2.24) is 9.80 Å². The number of aryl methyl sites for hydroxylation is 1. The van der Waals surface area contributed by atoms with Gasteiger partial charge in [-0.1, -0.05) is 24.3 Å². The monoisotopic (exact) mass is 386 g/mol. The Morgan fingerprint density at radius 3 is 2.59 bits per heavy atom. The lowest BCUT2D eigenvalue weighted by atomic mass is 10.1. The van der Waals surface area contributed by atoms with Crippen LogP contribution in [0.1, 0.15) is 33.8 Å². The van der Waals surface area contributed by atoms with E-state index in [1.807, 2.05) is 36.9 Å². The Labute approximate surface area is 163 Å². The molecular formula is C21H23FN2O2S. The minimum Gasteiger partial charge on any atom is -0.337 e. The molecule has 1 saturated heterocycles. The molecule has 4 nitrogen and oxygen atoms in total. The zero-order valence-electron chi connectivity index (χ0n) is 15.5. The van der Waals surface area contributed by atoms with Crippen LogP contribution in [0.4, 0.5) is 4.39 Å². The van der Waals surface area contributed by atoms with Crippen molar-refractivity contribution in [3.05, 3.63) is 71.0 Å². The van der Waals surface area contributed by atoms with Crippen LogP contribution in [0.3, 0.4) is 0 Å². The number of nitrogens with zero attached hydrogens (tertiary/aromatic N) is 2. The van der Waals surface area contributed by atoms with Crippen molar-refractivity contribution in [2.75, 3.05) is 25.4 Å². The lowest BCUT2D eigenvalue weighted by Gasteiger charge is -2.29. The number of amides is 2. The van der Waals surface area contributed by atoms with Gasteiger partial charge in [0.25, 0.3) is 5.91 Å². The van der Waals surface area contributed by atoms with Gasteiger partial charge in [-0.05, 0) is 49.2 Å². The van der Waals surface area contributed by atoms with Crippen LogP contribution in [-0.2, 0) is 4.79 Å². The molecule has 1 aliphatic rings. The molecule has 2 amide bonds. The Bertz CT molecular complexity index is 825. The number of halogens is 1. The molecule has 0 radical (unpaired) electrons. The van der Waals surface area contributed by atoms with Gasteiger partial charge < -0.3 is 9.80 Å². The fourth-order valence-corrected chi connectivity index (χ4v) is 4.54. The van der Waals surface area contributed by atoms with Gasteiger partial charge in [0.1, 0.15) is 11.2 Å². The van der Waals surface area contributed by atoms with E-state index < -0.39 is 0 Å². The fraction of sp³-hybridized carbons (Fsp3) is 0.333. The van der Waals surface area contributed by atoms with E-state index in [0.29, 0.717) is 31.0 Å². The Hall–Kier alpha value is -2.34. The summed E-state index contributed by atoms with van der Waals surface area (Å²) in [5.41, 5.74) is 2.75. The van der Waals surface area contributed by atoms with Gasteiger partial charge in [0.2, 0.25) is 5.91 Å². The van der Waals surface area contributed by atoms with Gasteiger partial charge >= 0.3 is 0 Å². The zero-order valence-corrected chi connectivity index (χ0v) is 16.3. The van der Waals surface area contributed by atoms with E-state index in [-0.39, 0.29) is 23.0 Å². The number of rotatable bonds is 6. The maximum atomic E-state index is 13.1. The molecule has 1 fully saturated rings. The molecule has 0 aromatic heterocycles. The molecule has 0 bridgehead atoms. The lowest BCUT2D eigenvalue weighted by Crippen LogP contribution is -2.40. The number of carbonyl (C=O) groups is 2. The molecule has 142 valence electrons. The molecule has 0 N–H and O–H groups in total. The highest BCUT2D eigenvalue weighted by atomic mass is 32.2. The lowest BCUT2D eigenvalue weighted by molar-refractivity contribution is -0.128. The van der Waals surface area contributed by atoms with Crippen LogP contribution < -0.4 is 0 Å². The van der Waals surface area contributed by atoms with Crippen LogP contribution in [0.15, 0.2) is 48.5 Å². The first-order valence-electron chi connectivity index (χ1n) is 9.02. The first-order chi connectivity index (χ1) is 13.0. The molecule has 6 heteroatoms. The van der Waals surface area contributed by atoms with Crippen molar-refractivity contribution >= 4 is 23.6 Å². The number of thioether (sulfide) groups is 1. The number of carbonyl (C=O) groups excluding carboxylic acids is 2. The van der Waals surface area contributed by atoms with Crippen LogP contribution in [0, 0.1) is 12.7 Å². The van der Waals surface area contributed by atoms with Gasteiger partial charge in [-0.2, -0.15) is 0 Å². The standard InChI is InChI=1S/C21H23FN2O2S/c1-3-23(20(26)16-8-10-17(22)11-9-16)12-13-24-19(25)14-27-21(24)18-7-5-4-6-15(18)2/h4-11,21H,3,12-14H2,1-2H3/t21-/m1/s1. The quantitative estimate of drug-likeness (QED) is 0.757. The van der Waals surface area contributed by atoms with E-state index in [2.05, 4.69) is 6.07 Å². The summed E-state index contributed by atoms with van der Waals surface area (Å²) in [5.74, 6) is 0.0370. The van der Waals surface area contributed by atoms with E-state index >= 15 is 0 Å². The second kappa shape index (κ2) is 8.57. The molecule has 1 aliphatic heterocycles. The van der Waals surface area contributed by atoms with Crippen molar-refractivity contribution in [1.29, 1.82) is 0 Å². The topological polar surface area (TPSA) is 40.6 Å². The van der Waals surface area contributed by atoms with Gasteiger partial charge in [-0.15, -0.1) is 11.8 Å². The summed E-state index contributed by atoms with van der Waals surface area (Å²) < 4.78 is 13.1. The molecule has 2 aromatic carbocycles. The second-order valence-corrected chi connectivity index (χ2v) is 7.57. The van der Waals surface area contributed by atoms with Gasteiger partial charge in [0.05, 0.1) is 5.75 Å². The maximum Gasteiger partial charge on any atom is 0.253 e. The highest BCUT2D eigenvalue weighted by molar-refractivity contribution is 8.00.